The van der Waals surface area contributed by atoms with Crippen LogP contribution in [-0.4, -0.2) is 17.0 Å². The number of carbonyl (C=O) groups excluding carboxylic acids is 1. The van der Waals surface area contributed by atoms with E-state index in [0.29, 0.717) is 24.8 Å². The maximum Gasteiger partial charge on any atom is 0.306 e. The highest BCUT2D eigenvalue weighted by molar-refractivity contribution is 5.80. The molecule has 20 heavy (non-hydrogen) atoms. The fraction of sp³-hybridized carbons (Fsp3) is 0.467. The number of carboxylic acid groups (broad SMARTS) is 1. The first-order valence-corrected chi connectivity index (χ1v) is 6.82. The van der Waals surface area contributed by atoms with Gasteiger partial charge in [0.15, 0.2) is 0 Å². The lowest BCUT2D eigenvalue weighted by Gasteiger charge is -2.25. The SMILES string of the molecule is O=C(O)[C@@H]1CCC[C@@H](C(=O)NCc2ccccc2F)C1. The van der Waals surface area contributed by atoms with E-state index in [4.69, 9.17) is 5.11 Å². The number of rotatable bonds is 4. The molecule has 0 aromatic heterocycles. The van der Waals surface area contributed by atoms with Gasteiger partial charge >= 0.3 is 5.97 Å². The fourth-order valence-corrected chi connectivity index (χ4v) is 2.62. The summed E-state index contributed by atoms with van der Waals surface area (Å²) in [6.07, 6.45) is 2.45. The van der Waals surface area contributed by atoms with Gasteiger partial charge in [0.25, 0.3) is 0 Å². The van der Waals surface area contributed by atoms with Crippen LogP contribution in [0.1, 0.15) is 31.2 Å². The maximum atomic E-state index is 13.4. The Morgan fingerprint density at radius 3 is 2.65 bits per heavy atom. The molecule has 0 heterocycles. The minimum absolute atomic E-state index is 0.139. The van der Waals surface area contributed by atoms with Gasteiger partial charge in [-0.05, 0) is 25.3 Å². The van der Waals surface area contributed by atoms with Gasteiger partial charge in [0.1, 0.15) is 5.82 Å². The smallest absolute Gasteiger partial charge is 0.306 e. The molecule has 0 unspecified atom stereocenters. The molecule has 1 aromatic carbocycles. The first-order valence-electron chi connectivity index (χ1n) is 6.82. The highest BCUT2D eigenvalue weighted by atomic mass is 19.1. The Kier molecular flexibility index (Phi) is 4.71. The van der Waals surface area contributed by atoms with E-state index in [1.807, 2.05) is 0 Å². The minimum atomic E-state index is -0.836. The molecule has 1 aromatic rings. The van der Waals surface area contributed by atoms with Crippen molar-refractivity contribution in [3.8, 4) is 0 Å². The summed E-state index contributed by atoms with van der Waals surface area (Å²) >= 11 is 0. The van der Waals surface area contributed by atoms with E-state index in [1.54, 1.807) is 18.2 Å². The first-order chi connectivity index (χ1) is 9.58. The zero-order chi connectivity index (χ0) is 14.5. The van der Waals surface area contributed by atoms with E-state index in [1.165, 1.54) is 6.07 Å². The molecule has 0 bridgehead atoms. The van der Waals surface area contributed by atoms with Gasteiger partial charge in [-0.15, -0.1) is 0 Å². The molecule has 1 aliphatic carbocycles. The predicted octanol–water partition coefficient (Wildman–Crippen LogP) is 2.33. The Labute approximate surface area is 117 Å². The molecule has 2 rings (SSSR count). The zero-order valence-electron chi connectivity index (χ0n) is 11.1. The van der Waals surface area contributed by atoms with Crippen molar-refractivity contribution in [2.45, 2.75) is 32.2 Å². The van der Waals surface area contributed by atoms with Crippen LogP contribution in [0.4, 0.5) is 4.39 Å². The van der Waals surface area contributed by atoms with Crippen molar-refractivity contribution in [3.05, 3.63) is 35.6 Å². The zero-order valence-corrected chi connectivity index (χ0v) is 11.1. The van der Waals surface area contributed by atoms with Crippen LogP contribution in [0.15, 0.2) is 24.3 Å². The third-order valence-electron chi connectivity index (χ3n) is 3.81. The lowest BCUT2D eigenvalue weighted by molar-refractivity contribution is -0.144. The second-order valence-electron chi connectivity index (χ2n) is 5.21. The quantitative estimate of drug-likeness (QED) is 0.889. The van der Waals surface area contributed by atoms with Crippen molar-refractivity contribution < 1.29 is 19.1 Å². The standard InChI is InChI=1S/C15H18FNO3/c16-13-7-2-1-4-12(13)9-17-14(18)10-5-3-6-11(8-10)15(19)20/h1-2,4,7,10-11H,3,5-6,8-9H2,(H,17,18)(H,19,20)/t10-,11-/m1/s1. The van der Waals surface area contributed by atoms with Gasteiger partial charge in [-0.25, -0.2) is 4.39 Å². The van der Waals surface area contributed by atoms with Crippen LogP contribution in [0, 0.1) is 17.7 Å². The number of carbonyl (C=O) groups is 2. The van der Waals surface area contributed by atoms with Crippen LogP contribution < -0.4 is 5.32 Å². The van der Waals surface area contributed by atoms with Crippen LogP contribution in [0.25, 0.3) is 0 Å². The molecule has 0 spiro atoms. The third kappa shape index (κ3) is 3.56. The Hall–Kier alpha value is -1.91. The molecule has 0 saturated heterocycles. The summed E-state index contributed by atoms with van der Waals surface area (Å²) in [5, 5.41) is 11.7. The topological polar surface area (TPSA) is 66.4 Å². The van der Waals surface area contributed by atoms with Crippen LogP contribution >= 0.6 is 0 Å². The fourth-order valence-electron chi connectivity index (χ4n) is 2.62. The van der Waals surface area contributed by atoms with E-state index in [2.05, 4.69) is 5.32 Å². The van der Waals surface area contributed by atoms with Crippen molar-refractivity contribution in [3.63, 3.8) is 0 Å². The van der Waals surface area contributed by atoms with Crippen molar-refractivity contribution in [1.29, 1.82) is 0 Å². The molecule has 2 atom stereocenters. The van der Waals surface area contributed by atoms with Crippen molar-refractivity contribution >= 4 is 11.9 Å². The largest absolute Gasteiger partial charge is 0.481 e. The normalized spacial score (nSPS) is 22.2. The van der Waals surface area contributed by atoms with Gasteiger partial charge in [-0.2, -0.15) is 0 Å². The Morgan fingerprint density at radius 1 is 1.25 bits per heavy atom. The highest BCUT2D eigenvalue weighted by Crippen LogP contribution is 2.29. The molecule has 0 radical (unpaired) electrons. The average molecular weight is 279 g/mol. The van der Waals surface area contributed by atoms with Gasteiger partial charge in [0.05, 0.1) is 5.92 Å². The number of amides is 1. The summed E-state index contributed by atoms with van der Waals surface area (Å²) in [6.45, 7) is 0.139. The van der Waals surface area contributed by atoms with Crippen LogP contribution in [0.2, 0.25) is 0 Å². The van der Waals surface area contributed by atoms with E-state index in [9.17, 15) is 14.0 Å². The molecule has 1 saturated carbocycles. The Morgan fingerprint density at radius 2 is 1.95 bits per heavy atom. The van der Waals surface area contributed by atoms with E-state index < -0.39 is 11.9 Å². The maximum absolute atomic E-state index is 13.4. The number of benzene rings is 1. The number of carboxylic acids is 1. The van der Waals surface area contributed by atoms with E-state index in [0.717, 1.165) is 6.42 Å². The number of nitrogens with one attached hydrogen (secondary N) is 1. The van der Waals surface area contributed by atoms with Crippen LogP contribution in [0.3, 0.4) is 0 Å². The monoisotopic (exact) mass is 279 g/mol. The van der Waals surface area contributed by atoms with E-state index in [-0.39, 0.29) is 24.2 Å². The molecule has 1 fully saturated rings. The molecule has 4 nitrogen and oxygen atoms in total. The molecule has 1 aliphatic rings. The summed E-state index contributed by atoms with van der Waals surface area (Å²) in [5.74, 6) is -2.08. The van der Waals surface area contributed by atoms with Gasteiger partial charge in [-0.3, -0.25) is 9.59 Å². The number of hydrogen-bond donors (Lipinski definition) is 2. The molecule has 2 N–H and O–H groups in total. The summed E-state index contributed by atoms with van der Waals surface area (Å²) in [6, 6.07) is 6.28. The molecular weight excluding hydrogens is 261 g/mol. The summed E-state index contributed by atoms with van der Waals surface area (Å²) in [4.78, 5) is 23.0. The van der Waals surface area contributed by atoms with Gasteiger partial charge in [0.2, 0.25) is 5.91 Å². The Balaban J connectivity index is 1.89. The molecule has 108 valence electrons. The van der Waals surface area contributed by atoms with E-state index >= 15 is 0 Å². The summed E-state index contributed by atoms with van der Waals surface area (Å²) < 4.78 is 13.4. The highest BCUT2D eigenvalue weighted by Gasteiger charge is 2.30. The molecular formula is C15H18FNO3. The number of hydrogen-bond acceptors (Lipinski definition) is 2. The summed E-state index contributed by atoms with van der Waals surface area (Å²) in [7, 11) is 0. The summed E-state index contributed by atoms with van der Waals surface area (Å²) in [5.41, 5.74) is 0.437. The molecule has 1 amide bonds. The number of halogens is 1. The average Bonchev–Trinajstić information content (AvgIpc) is 2.46. The van der Waals surface area contributed by atoms with Gasteiger partial charge < -0.3 is 10.4 Å². The Bertz CT molecular complexity index is 504. The number of aliphatic carboxylic acids is 1. The van der Waals surface area contributed by atoms with Gasteiger partial charge in [-0.1, -0.05) is 24.6 Å². The van der Waals surface area contributed by atoms with Crippen molar-refractivity contribution in [2.75, 3.05) is 0 Å². The second kappa shape index (κ2) is 6.50. The third-order valence-corrected chi connectivity index (χ3v) is 3.81. The van der Waals surface area contributed by atoms with Crippen molar-refractivity contribution in [1.82, 2.24) is 5.32 Å². The first kappa shape index (κ1) is 14.5. The van der Waals surface area contributed by atoms with Gasteiger partial charge in [0, 0.05) is 18.0 Å². The predicted molar refractivity (Wildman–Crippen MR) is 71.3 cm³/mol. The van der Waals surface area contributed by atoms with Crippen molar-refractivity contribution in [2.24, 2.45) is 11.8 Å². The second-order valence-corrected chi connectivity index (χ2v) is 5.21. The lowest BCUT2D eigenvalue weighted by Crippen LogP contribution is -2.35. The minimum Gasteiger partial charge on any atom is -0.481 e. The molecule has 0 aliphatic heterocycles. The lowest BCUT2D eigenvalue weighted by atomic mass is 9.81. The van der Waals surface area contributed by atoms with Crippen LogP contribution in [0.5, 0.6) is 0 Å². The molecule has 5 heteroatoms. The van der Waals surface area contributed by atoms with Crippen LogP contribution in [-0.2, 0) is 16.1 Å².